The van der Waals surface area contributed by atoms with E-state index in [-0.39, 0.29) is 11.8 Å². The van der Waals surface area contributed by atoms with Crippen LogP contribution in [0.5, 0.6) is 0 Å². The fourth-order valence-corrected chi connectivity index (χ4v) is 1.60. The van der Waals surface area contributed by atoms with Gasteiger partial charge in [-0.25, -0.2) is 0 Å². The van der Waals surface area contributed by atoms with Gasteiger partial charge in [-0.05, 0) is 27.8 Å². The van der Waals surface area contributed by atoms with E-state index in [4.69, 9.17) is 15.2 Å². The third kappa shape index (κ3) is 2.67. The van der Waals surface area contributed by atoms with Crippen LogP contribution in [0, 0.1) is 0 Å². The van der Waals surface area contributed by atoms with E-state index in [2.05, 4.69) is 18.7 Å². The van der Waals surface area contributed by atoms with Crippen molar-refractivity contribution in [2.45, 2.75) is 38.6 Å². The minimum atomic E-state index is -0.306. The molecule has 0 aromatic rings. The predicted molar refractivity (Wildman–Crippen MR) is 58.2 cm³/mol. The van der Waals surface area contributed by atoms with Gasteiger partial charge in [-0.2, -0.15) is 0 Å². The van der Waals surface area contributed by atoms with E-state index in [0.29, 0.717) is 12.6 Å². The van der Waals surface area contributed by atoms with Crippen LogP contribution >= 0.6 is 0 Å². The van der Waals surface area contributed by atoms with Crippen molar-refractivity contribution in [3.8, 4) is 0 Å². The van der Waals surface area contributed by atoms with Gasteiger partial charge in [-0.15, -0.1) is 0 Å². The van der Waals surface area contributed by atoms with E-state index in [1.54, 1.807) is 14.2 Å². The van der Waals surface area contributed by atoms with Gasteiger partial charge in [0.1, 0.15) is 0 Å². The number of ether oxygens (including phenoxy) is 2. The van der Waals surface area contributed by atoms with Crippen molar-refractivity contribution in [3.05, 3.63) is 0 Å². The second-order valence-electron chi connectivity index (χ2n) is 4.07. The smallest absolute Gasteiger partial charge is 0.176 e. The lowest BCUT2D eigenvalue weighted by atomic mass is 9.98. The van der Waals surface area contributed by atoms with Crippen LogP contribution < -0.4 is 5.73 Å². The summed E-state index contributed by atoms with van der Waals surface area (Å²) in [5.74, 6) is 0. The van der Waals surface area contributed by atoms with E-state index in [0.717, 1.165) is 0 Å². The van der Waals surface area contributed by atoms with Crippen LogP contribution in [0.15, 0.2) is 0 Å². The first-order valence-electron chi connectivity index (χ1n) is 4.92. The molecular formula is C10H24N2O2. The highest BCUT2D eigenvalue weighted by molar-refractivity contribution is 4.90. The first kappa shape index (κ1) is 13.8. The molecule has 0 aromatic carbocycles. The van der Waals surface area contributed by atoms with Crippen LogP contribution in [0.3, 0.4) is 0 Å². The van der Waals surface area contributed by atoms with Crippen molar-refractivity contribution in [3.63, 3.8) is 0 Å². The summed E-state index contributed by atoms with van der Waals surface area (Å²) in [7, 11) is 5.30. The van der Waals surface area contributed by atoms with Crippen LogP contribution in [-0.2, 0) is 9.47 Å². The van der Waals surface area contributed by atoms with Gasteiger partial charge in [-0.1, -0.05) is 0 Å². The minimum Gasteiger partial charge on any atom is -0.354 e. The third-order valence-electron chi connectivity index (χ3n) is 2.93. The fourth-order valence-electron chi connectivity index (χ4n) is 1.60. The SMILES string of the molecule is COC(OC)C(C)(CN)N(C)C(C)C. The second kappa shape index (κ2) is 5.66. The molecule has 0 aliphatic heterocycles. The Morgan fingerprint density at radius 2 is 1.71 bits per heavy atom. The Morgan fingerprint density at radius 3 is 1.93 bits per heavy atom. The molecule has 0 amide bonds. The van der Waals surface area contributed by atoms with Crippen molar-refractivity contribution in [1.29, 1.82) is 0 Å². The zero-order valence-corrected chi connectivity index (χ0v) is 10.2. The largest absolute Gasteiger partial charge is 0.354 e. The number of nitrogens with zero attached hydrogens (tertiary/aromatic N) is 1. The average Bonchev–Trinajstić information content (AvgIpc) is 2.17. The van der Waals surface area contributed by atoms with Crippen molar-refractivity contribution >= 4 is 0 Å². The zero-order chi connectivity index (χ0) is 11.4. The summed E-state index contributed by atoms with van der Waals surface area (Å²) in [6.07, 6.45) is -0.306. The molecule has 0 saturated carbocycles. The van der Waals surface area contributed by atoms with Gasteiger partial charge in [0.25, 0.3) is 0 Å². The van der Waals surface area contributed by atoms with Gasteiger partial charge in [-0.3, -0.25) is 4.90 Å². The summed E-state index contributed by atoms with van der Waals surface area (Å²) in [4.78, 5) is 2.17. The third-order valence-corrected chi connectivity index (χ3v) is 2.93. The first-order valence-corrected chi connectivity index (χ1v) is 4.92. The molecule has 0 aliphatic rings. The van der Waals surface area contributed by atoms with Crippen LogP contribution in [-0.4, -0.2) is 50.6 Å². The Balaban J connectivity index is 4.75. The normalized spacial score (nSPS) is 16.7. The van der Waals surface area contributed by atoms with E-state index in [1.807, 2.05) is 14.0 Å². The molecule has 86 valence electrons. The van der Waals surface area contributed by atoms with Gasteiger partial charge in [0.2, 0.25) is 0 Å². The molecule has 0 saturated heterocycles. The lowest BCUT2D eigenvalue weighted by Crippen LogP contribution is -2.60. The van der Waals surface area contributed by atoms with Gasteiger partial charge < -0.3 is 15.2 Å². The van der Waals surface area contributed by atoms with Crippen molar-refractivity contribution in [1.82, 2.24) is 4.90 Å². The summed E-state index contributed by atoms with van der Waals surface area (Å²) in [5.41, 5.74) is 5.50. The van der Waals surface area contributed by atoms with Crippen molar-refractivity contribution in [2.24, 2.45) is 5.73 Å². The highest BCUT2D eigenvalue weighted by Crippen LogP contribution is 2.21. The molecule has 2 N–H and O–H groups in total. The molecular weight excluding hydrogens is 180 g/mol. The molecule has 0 rings (SSSR count). The Bertz CT molecular complexity index is 156. The lowest BCUT2D eigenvalue weighted by Gasteiger charge is -2.44. The second-order valence-corrected chi connectivity index (χ2v) is 4.07. The maximum atomic E-state index is 5.80. The lowest BCUT2D eigenvalue weighted by molar-refractivity contribution is -0.181. The van der Waals surface area contributed by atoms with Crippen molar-refractivity contribution < 1.29 is 9.47 Å². The summed E-state index contributed by atoms with van der Waals surface area (Å²) in [6.45, 7) is 6.78. The topological polar surface area (TPSA) is 47.7 Å². The van der Waals surface area contributed by atoms with Gasteiger partial charge in [0.05, 0.1) is 5.54 Å². The van der Waals surface area contributed by atoms with Crippen molar-refractivity contribution in [2.75, 3.05) is 27.8 Å². The Labute approximate surface area is 87.4 Å². The molecule has 1 unspecified atom stereocenters. The van der Waals surface area contributed by atoms with Crippen LogP contribution in [0.1, 0.15) is 20.8 Å². The maximum absolute atomic E-state index is 5.80. The average molecular weight is 204 g/mol. The van der Waals surface area contributed by atoms with E-state index in [1.165, 1.54) is 0 Å². The van der Waals surface area contributed by atoms with Crippen LogP contribution in [0.2, 0.25) is 0 Å². The fraction of sp³-hybridized carbons (Fsp3) is 1.00. The Morgan fingerprint density at radius 1 is 1.29 bits per heavy atom. The molecule has 4 heteroatoms. The monoisotopic (exact) mass is 204 g/mol. The molecule has 0 heterocycles. The highest BCUT2D eigenvalue weighted by Gasteiger charge is 2.38. The first-order chi connectivity index (χ1) is 6.43. The van der Waals surface area contributed by atoms with Gasteiger partial charge in [0, 0.05) is 26.8 Å². The molecule has 0 radical (unpaired) electrons. The number of rotatable bonds is 6. The summed E-state index contributed by atoms with van der Waals surface area (Å²) >= 11 is 0. The Kier molecular flexibility index (Phi) is 5.59. The highest BCUT2D eigenvalue weighted by atomic mass is 16.7. The maximum Gasteiger partial charge on any atom is 0.176 e. The predicted octanol–water partition coefficient (Wildman–Crippen LogP) is 0.663. The van der Waals surface area contributed by atoms with Gasteiger partial charge in [0.15, 0.2) is 6.29 Å². The summed E-state index contributed by atoms with van der Waals surface area (Å²) in [5, 5.41) is 0. The van der Waals surface area contributed by atoms with E-state index in [9.17, 15) is 0 Å². The van der Waals surface area contributed by atoms with Crippen LogP contribution in [0.4, 0.5) is 0 Å². The molecule has 0 aromatic heterocycles. The summed E-state index contributed by atoms with van der Waals surface area (Å²) < 4.78 is 10.6. The quantitative estimate of drug-likeness (QED) is 0.646. The van der Waals surface area contributed by atoms with E-state index < -0.39 is 0 Å². The molecule has 0 bridgehead atoms. The molecule has 1 atom stereocenters. The number of likely N-dealkylation sites (N-methyl/N-ethyl adjacent to an activating group) is 1. The number of hydrogen-bond acceptors (Lipinski definition) is 4. The summed E-state index contributed by atoms with van der Waals surface area (Å²) in [6, 6.07) is 0.399. The minimum absolute atomic E-state index is 0.294. The number of nitrogens with two attached hydrogens (primary N) is 1. The van der Waals surface area contributed by atoms with Crippen LogP contribution in [0.25, 0.3) is 0 Å². The standard InChI is InChI=1S/C10H24N2O2/c1-8(2)12(4)10(3,7-11)9(13-5)14-6/h8-9H,7,11H2,1-6H3. The Hall–Kier alpha value is -0.160. The molecule has 4 nitrogen and oxygen atoms in total. The molecule has 14 heavy (non-hydrogen) atoms. The molecule has 0 fully saturated rings. The number of methoxy groups -OCH3 is 2. The molecule has 0 spiro atoms. The molecule has 0 aliphatic carbocycles. The van der Waals surface area contributed by atoms with Gasteiger partial charge >= 0.3 is 0 Å². The van der Waals surface area contributed by atoms with E-state index >= 15 is 0 Å². The zero-order valence-electron chi connectivity index (χ0n) is 10.2. The number of hydrogen-bond donors (Lipinski definition) is 1.